The highest BCUT2D eigenvalue weighted by molar-refractivity contribution is 4.90. The predicted octanol–water partition coefficient (Wildman–Crippen LogP) is -1.01. The Morgan fingerprint density at radius 3 is 2.60 bits per heavy atom. The van der Waals surface area contributed by atoms with E-state index in [9.17, 15) is 5.11 Å². The van der Waals surface area contributed by atoms with Gasteiger partial charge in [-0.15, -0.1) is 0 Å². The fraction of sp³-hybridized carbons (Fsp3) is 1.00. The predicted molar refractivity (Wildman–Crippen MR) is 78.0 cm³/mol. The highest BCUT2D eigenvalue weighted by Gasteiger charge is 2.33. The maximum atomic E-state index is 9.97. The zero-order valence-electron chi connectivity index (χ0n) is 12.8. The average Bonchev–Trinajstić information content (AvgIpc) is 2.41. The van der Waals surface area contributed by atoms with E-state index in [1.807, 2.05) is 6.92 Å². The van der Waals surface area contributed by atoms with Gasteiger partial charge in [0.2, 0.25) is 0 Å². The number of aliphatic hydroxyl groups is 1. The van der Waals surface area contributed by atoms with Crippen LogP contribution in [0.15, 0.2) is 0 Å². The van der Waals surface area contributed by atoms with Crippen molar-refractivity contribution in [2.75, 3.05) is 66.1 Å². The quantitative estimate of drug-likeness (QED) is 0.596. The molecule has 0 radical (unpaired) electrons. The lowest BCUT2D eigenvalue weighted by atomic mass is 10.1. The largest absolute Gasteiger partial charge is 0.389 e. The van der Waals surface area contributed by atoms with Crippen LogP contribution in [0.3, 0.4) is 0 Å². The summed E-state index contributed by atoms with van der Waals surface area (Å²) in [7, 11) is 1.66. The fourth-order valence-corrected chi connectivity index (χ4v) is 2.88. The number of hydrogen-bond acceptors (Lipinski definition) is 6. The molecule has 0 bridgehead atoms. The molecular formula is C14H29N3O3. The second-order valence-electron chi connectivity index (χ2n) is 5.91. The molecule has 20 heavy (non-hydrogen) atoms. The Morgan fingerprint density at radius 1 is 1.25 bits per heavy atom. The van der Waals surface area contributed by atoms with Crippen LogP contribution in [0.25, 0.3) is 0 Å². The molecule has 0 aromatic carbocycles. The minimum Gasteiger partial charge on any atom is -0.389 e. The highest BCUT2D eigenvalue weighted by atomic mass is 16.5. The van der Waals surface area contributed by atoms with Crippen LogP contribution in [0.4, 0.5) is 0 Å². The second-order valence-corrected chi connectivity index (χ2v) is 5.91. The third kappa shape index (κ3) is 4.95. The summed E-state index contributed by atoms with van der Waals surface area (Å²) in [6, 6.07) is 0.678. The van der Waals surface area contributed by atoms with E-state index in [-0.39, 0.29) is 6.10 Å². The van der Waals surface area contributed by atoms with Gasteiger partial charge < -0.3 is 19.9 Å². The Bertz CT molecular complexity index is 268. The molecule has 2 fully saturated rings. The topological polar surface area (TPSA) is 57.2 Å². The van der Waals surface area contributed by atoms with Crippen molar-refractivity contribution in [2.45, 2.75) is 25.2 Å². The lowest BCUT2D eigenvalue weighted by Crippen LogP contribution is -2.63. The summed E-state index contributed by atoms with van der Waals surface area (Å²) in [4.78, 5) is 4.86. The molecule has 2 unspecified atom stereocenters. The number of piperazine rings is 1. The summed E-state index contributed by atoms with van der Waals surface area (Å²) < 4.78 is 10.5. The molecule has 6 nitrogen and oxygen atoms in total. The third-order valence-electron chi connectivity index (χ3n) is 4.05. The van der Waals surface area contributed by atoms with Gasteiger partial charge in [0.15, 0.2) is 0 Å². The number of rotatable bonds is 8. The first-order valence-corrected chi connectivity index (χ1v) is 7.64. The Hall–Kier alpha value is -0.240. The molecule has 2 aliphatic rings. The summed E-state index contributed by atoms with van der Waals surface area (Å²) in [5, 5.41) is 13.3. The first-order chi connectivity index (χ1) is 9.69. The standard InChI is InChI=1S/C14H29N3O3/c1-12(10-19-2)20-11-14(18)9-16-7-13(8-16)17-5-3-15-4-6-17/h12-15,18H,3-11H2,1-2H3. The second kappa shape index (κ2) is 8.26. The van der Waals surface area contributed by atoms with E-state index >= 15 is 0 Å². The number of nitrogens with zero attached hydrogens (tertiary/aromatic N) is 2. The normalized spacial score (nSPS) is 25.4. The summed E-state index contributed by atoms with van der Waals surface area (Å²) in [6.45, 7) is 10.3. The zero-order valence-corrected chi connectivity index (χ0v) is 12.8. The van der Waals surface area contributed by atoms with E-state index in [0.29, 0.717) is 25.8 Å². The molecule has 2 rings (SSSR count). The molecule has 2 atom stereocenters. The molecule has 0 aromatic rings. The van der Waals surface area contributed by atoms with Gasteiger partial charge in [0.25, 0.3) is 0 Å². The molecule has 2 heterocycles. The SMILES string of the molecule is COCC(C)OCC(O)CN1CC(N2CCNCC2)C1. The molecule has 0 aliphatic carbocycles. The van der Waals surface area contributed by atoms with Crippen LogP contribution >= 0.6 is 0 Å². The van der Waals surface area contributed by atoms with Gasteiger partial charge in [0.1, 0.15) is 0 Å². The van der Waals surface area contributed by atoms with Gasteiger partial charge in [0.05, 0.1) is 25.4 Å². The average molecular weight is 287 g/mol. The molecule has 2 N–H and O–H groups in total. The van der Waals surface area contributed by atoms with Crippen molar-refractivity contribution in [1.82, 2.24) is 15.1 Å². The van der Waals surface area contributed by atoms with Crippen molar-refractivity contribution in [1.29, 1.82) is 0 Å². The molecule has 118 valence electrons. The maximum Gasteiger partial charge on any atom is 0.0900 e. The van der Waals surface area contributed by atoms with E-state index in [0.717, 1.165) is 39.3 Å². The lowest BCUT2D eigenvalue weighted by molar-refractivity contribution is -0.0557. The molecule has 0 saturated carbocycles. The number of hydrogen-bond donors (Lipinski definition) is 2. The number of likely N-dealkylation sites (tertiary alicyclic amines) is 1. The van der Waals surface area contributed by atoms with E-state index in [1.54, 1.807) is 7.11 Å². The van der Waals surface area contributed by atoms with Crippen LogP contribution in [0.1, 0.15) is 6.92 Å². The Morgan fingerprint density at radius 2 is 1.95 bits per heavy atom. The minimum absolute atomic E-state index is 0.0413. The van der Waals surface area contributed by atoms with Crippen LogP contribution in [-0.2, 0) is 9.47 Å². The number of aliphatic hydroxyl groups excluding tert-OH is 1. The van der Waals surface area contributed by atoms with Crippen molar-refractivity contribution in [3.63, 3.8) is 0 Å². The fourth-order valence-electron chi connectivity index (χ4n) is 2.88. The summed E-state index contributed by atoms with van der Waals surface area (Å²) in [5.41, 5.74) is 0. The van der Waals surface area contributed by atoms with E-state index < -0.39 is 6.10 Å². The van der Waals surface area contributed by atoms with Crippen molar-refractivity contribution >= 4 is 0 Å². The number of β-amino-alcohol motifs (C(OH)–C–C–N with tert-alkyl or cyclic N) is 1. The molecule has 2 saturated heterocycles. The van der Waals surface area contributed by atoms with Crippen molar-refractivity contribution in [3.05, 3.63) is 0 Å². The molecule has 2 aliphatic heterocycles. The van der Waals surface area contributed by atoms with Gasteiger partial charge in [0, 0.05) is 59.0 Å². The van der Waals surface area contributed by atoms with E-state index in [1.165, 1.54) is 0 Å². The minimum atomic E-state index is -0.404. The van der Waals surface area contributed by atoms with Crippen LogP contribution < -0.4 is 5.32 Å². The monoisotopic (exact) mass is 287 g/mol. The zero-order chi connectivity index (χ0) is 14.4. The summed E-state index contributed by atoms with van der Waals surface area (Å²) in [6.07, 6.45) is -0.363. The van der Waals surface area contributed by atoms with Crippen molar-refractivity contribution in [2.24, 2.45) is 0 Å². The number of nitrogens with one attached hydrogen (secondary N) is 1. The lowest BCUT2D eigenvalue weighted by Gasteiger charge is -2.47. The van der Waals surface area contributed by atoms with Gasteiger partial charge in [-0.3, -0.25) is 9.80 Å². The Kier molecular flexibility index (Phi) is 6.67. The van der Waals surface area contributed by atoms with Gasteiger partial charge >= 0.3 is 0 Å². The third-order valence-corrected chi connectivity index (χ3v) is 4.05. The summed E-state index contributed by atoms with van der Waals surface area (Å²) >= 11 is 0. The molecule has 0 aromatic heterocycles. The van der Waals surface area contributed by atoms with Gasteiger partial charge in [-0.25, -0.2) is 0 Å². The maximum absolute atomic E-state index is 9.97. The van der Waals surface area contributed by atoms with E-state index in [2.05, 4.69) is 15.1 Å². The first kappa shape index (κ1) is 16.1. The van der Waals surface area contributed by atoms with Gasteiger partial charge in [-0.05, 0) is 6.92 Å². The number of ether oxygens (including phenoxy) is 2. The van der Waals surface area contributed by atoms with Crippen LogP contribution in [-0.4, -0.2) is 99.3 Å². The smallest absolute Gasteiger partial charge is 0.0900 e. The summed E-state index contributed by atoms with van der Waals surface area (Å²) in [5.74, 6) is 0. The van der Waals surface area contributed by atoms with Crippen molar-refractivity contribution < 1.29 is 14.6 Å². The van der Waals surface area contributed by atoms with Crippen LogP contribution in [0, 0.1) is 0 Å². The van der Waals surface area contributed by atoms with Crippen molar-refractivity contribution in [3.8, 4) is 0 Å². The Balaban J connectivity index is 1.54. The van der Waals surface area contributed by atoms with Crippen LogP contribution in [0.5, 0.6) is 0 Å². The first-order valence-electron chi connectivity index (χ1n) is 7.64. The van der Waals surface area contributed by atoms with E-state index in [4.69, 9.17) is 9.47 Å². The van der Waals surface area contributed by atoms with Gasteiger partial charge in [-0.2, -0.15) is 0 Å². The molecular weight excluding hydrogens is 258 g/mol. The molecule has 6 heteroatoms. The molecule has 0 spiro atoms. The molecule has 0 amide bonds. The number of methoxy groups -OCH3 is 1. The van der Waals surface area contributed by atoms with Crippen LogP contribution in [0.2, 0.25) is 0 Å². The van der Waals surface area contributed by atoms with Gasteiger partial charge in [-0.1, -0.05) is 0 Å². The Labute approximate surface area is 122 Å². The highest BCUT2D eigenvalue weighted by Crippen LogP contribution is 2.15.